The summed E-state index contributed by atoms with van der Waals surface area (Å²) in [6.07, 6.45) is 5.89. The molecule has 6 aliphatic heterocycles. The van der Waals surface area contributed by atoms with E-state index in [-0.39, 0.29) is 102 Å². The summed E-state index contributed by atoms with van der Waals surface area (Å²) in [4.78, 5) is 67.3. The molecule has 0 spiro atoms. The predicted molar refractivity (Wildman–Crippen MR) is 286 cm³/mol. The maximum Gasteiger partial charge on any atom is 0.309 e. The van der Waals surface area contributed by atoms with Crippen LogP contribution >= 0.6 is 0 Å². The molecule has 6 heterocycles. The van der Waals surface area contributed by atoms with Gasteiger partial charge >= 0.3 is 35.8 Å². The van der Waals surface area contributed by atoms with E-state index in [9.17, 15) is 28.8 Å². The minimum Gasteiger partial charge on any atom is -0.465 e. The summed E-state index contributed by atoms with van der Waals surface area (Å²) in [5, 5.41) is 0. The summed E-state index contributed by atoms with van der Waals surface area (Å²) in [6.45, 7) is 50.8. The van der Waals surface area contributed by atoms with Crippen LogP contribution in [-0.4, -0.2) is 72.9 Å². The molecule has 12 nitrogen and oxygen atoms in total. The Bertz CT molecular complexity index is 1670. The number of hydrogen-bond acceptors (Lipinski definition) is 12. The van der Waals surface area contributed by atoms with Crippen LogP contribution in [0.25, 0.3) is 0 Å². The van der Waals surface area contributed by atoms with Crippen molar-refractivity contribution >= 4 is 35.8 Å². The monoisotopic (exact) mass is 1020 g/mol. The molecule has 0 N–H and O–H groups in total. The highest BCUT2D eigenvalue weighted by atomic mass is 16.6. The number of rotatable bonds is 9. The van der Waals surface area contributed by atoms with Gasteiger partial charge in [-0.25, -0.2) is 0 Å². The molecule has 0 aromatic heterocycles. The first-order chi connectivity index (χ1) is 33.4. The van der Waals surface area contributed by atoms with Gasteiger partial charge in [0, 0.05) is 17.8 Å². The fourth-order valence-electron chi connectivity index (χ4n) is 10.4. The topological polar surface area (TPSA) is 158 Å². The molecule has 0 aliphatic carbocycles. The molecule has 6 rings (SSSR count). The zero-order valence-electron chi connectivity index (χ0n) is 50.0. The second kappa shape index (κ2) is 31.0. The highest BCUT2D eigenvalue weighted by molar-refractivity contribution is 5.76. The summed E-state index contributed by atoms with van der Waals surface area (Å²) >= 11 is 0. The van der Waals surface area contributed by atoms with Crippen molar-refractivity contribution in [2.24, 2.45) is 112 Å². The van der Waals surface area contributed by atoms with Gasteiger partial charge < -0.3 is 28.4 Å². The summed E-state index contributed by atoms with van der Waals surface area (Å²) in [7, 11) is 0. The Morgan fingerprint density at radius 1 is 0.361 bits per heavy atom. The van der Waals surface area contributed by atoms with Crippen LogP contribution in [0.1, 0.15) is 198 Å². The molecular weight excluding hydrogens is 913 g/mol. The fraction of sp³-hybridized carbons (Fsp3) is 0.900. The van der Waals surface area contributed by atoms with E-state index in [1.165, 1.54) is 0 Å². The second-order valence-electron chi connectivity index (χ2n) is 23.7. The fourth-order valence-corrected chi connectivity index (χ4v) is 10.4. The van der Waals surface area contributed by atoms with Crippen molar-refractivity contribution in [3.05, 3.63) is 0 Å². The Hall–Kier alpha value is -3.18. The Morgan fingerprint density at radius 3 is 1.04 bits per heavy atom. The Morgan fingerprint density at radius 2 is 0.681 bits per heavy atom. The van der Waals surface area contributed by atoms with Crippen LogP contribution < -0.4 is 0 Å². The zero-order valence-corrected chi connectivity index (χ0v) is 50.0. The van der Waals surface area contributed by atoms with Crippen LogP contribution in [0.15, 0.2) is 0 Å². The molecule has 12 heteroatoms. The molecule has 6 aliphatic rings. The summed E-state index contributed by atoms with van der Waals surface area (Å²) in [5.41, 5.74) is 0. The number of carbonyl (C=O) groups is 6. The van der Waals surface area contributed by atoms with Gasteiger partial charge in [0.15, 0.2) is 0 Å². The van der Waals surface area contributed by atoms with E-state index in [0.29, 0.717) is 83.5 Å². The van der Waals surface area contributed by atoms with Gasteiger partial charge in [0.1, 0.15) is 30.5 Å². The Balaban J connectivity index is 0.000000434. The molecular formula is C60H108O12. The predicted octanol–water partition coefficient (Wildman–Crippen LogP) is 13.2. The van der Waals surface area contributed by atoms with Gasteiger partial charge in [-0.05, 0) is 72.0 Å². The molecule has 0 aromatic carbocycles. The minimum atomic E-state index is -0.0365. The van der Waals surface area contributed by atoms with Gasteiger partial charge in [-0.2, -0.15) is 0 Å². The van der Waals surface area contributed by atoms with E-state index in [1.54, 1.807) is 0 Å². The molecule has 0 aromatic rings. The van der Waals surface area contributed by atoms with E-state index in [4.69, 9.17) is 28.4 Å². The van der Waals surface area contributed by atoms with E-state index in [0.717, 1.165) is 32.1 Å². The van der Waals surface area contributed by atoms with Crippen molar-refractivity contribution in [2.45, 2.75) is 229 Å². The maximum atomic E-state index is 11.6. The SMILES string of the molecule is CC1COC(=O)C(C)C1C.CCC(C)C(C)C1OC(=O)C(C)C1C.CCC(C)C1OC(=O)C(C)C(C)C1C.CCC(C)C1OC(=O)C(C)C1C.CCC1OC(=O)C(C)C(C)C1C.CCC1OC(=O)C(C)C1C. The molecule has 0 radical (unpaired) electrons. The summed E-state index contributed by atoms with van der Waals surface area (Å²) in [6, 6.07) is 0. The summed E-state index contributed by atoms with van der Waals surface area (Å²) < 4.78 is 31.5. The average Bonchev–Trinajstić information content (AvgIpc) is 3.90. The molecule has 24 unspecified atom stereocenters. The first-order valence-electron chi connectivity index (χ1n) is 28.6. The van der Waals surface area contributed by atoms with E-state index < -0.39 is 0 Å². The highest BCUT2D eigenvalue weighted by Crippen LogP contribution is 2.38. The van der Waals surface area contributed by atoms with Crippen LogP contribution in [0.5, 0.6) is 0 Å². The summed E-state index contributed by atoms with van der Waals surface area (Å²) in [5.74, 6) is 6.44. The van der Waals surface area contributed by atoms with Crippen molar-refractivity contribution in [3.63, 3.8) is 0 Å². The number of esters is 6. The lowest BCUT2D eigenvalue weighted by atomic mass is 9.75. The average molecular weight is 1020 g/mol. The smallest absolute Gasteiger partial charge is 0.309 e. The van der Waals surface area contributed by atoms with E-state index >= 15 is 0 Å². The Kier molecular flexibility index (Phi) is 28.8. The molecule has 6 saturated heterocycles. The van der Waals surface area contributed by atoms with Crippen LogP contribution in [0, 0.1) is 112 Å². The number of cyclic esters (lactones) is 6. The molecule has 0 amide bonds. The van der Waals surface area contributed by atoms with Gasteiger partial charge in [0.25, 0.3) is 0 Å². The van der Waals surface area contributed by atoms with Crippen LogP contribution in [0.3, 0.4) is 0 Å². The lowest BCUT2D eigenvalue weighted by Gasteiger charge is -2.40. The van der Waals surface area contributed by atoms with Crippen LogP contribution in [0.4, 0.5) is 0 Å². The van der Waals surface area contributed by atoms with Gasteiger partial charge in [-0.1, -0.05) is 185 Å². The lowest BCUT2D eigenvalue weighted by molar-refractivity contribution is -0.174. The van der Waals surface area contributed by atoms with Gasteiger partial charge in [-0.15, -0.1) is 0 Å². The first kappa shape index (κ1) is 66.8. The first-order valence-corrected chi connectivity index (χ1v) is 28.6. The number of hydrogen-bond donors (Lipinski definition) is 0. The third-order valence-electron chi connectivity index (χ3n) is 19.3. The van der Waals surface area contributed by atoms with Crippen molar-refractivity contribution in [2.75, 3.05) is 6.61 Å². The van der Waals surface area contributed by atoms with Gasteiger partial charge in [-0.3, -0.25) is 28.8 Å². The van der Waals surface area contributed by atoms with Gasteiger partial charge in [0.2, 0.25) is 0 Å². The largest absolute Gasteiger partial charge is 0.465 e. The van der Waals surface area contributed by atoms with Crippen molar-refractivity contribution in [3.8, 4) is 0 Å². The zero-order chi connectivity index (χ0) is 55.8. The molecule has 0 bridgehead atoms. The molecule has 72 heavy (non-hydrogen) atoms. The molecule has 420 valence electrons. The van der Waals surface area contributed by atoms with Crippen LogP contribution in [-0.2, 0) is 57.2 Å². The number of ether oxygens (including phenoxy) is 6. The molecule has 0 saturated carbocycles. The standard InChI is InChI=1S/2C12H22O2.2C10H18O2.2C8H14O2/c1-6-7(2)11-9(4)8(3)10(5)12(13)14-11;1-6-7(2)8(3)11-9(4)10(5)12(13)14-11;1-5-9-7(3)6(2)8(4)10(11)12-9;1-5-6(2)9-7(3)8(4)10(11)12-9;1-5-4-10-8(9)7(3)6(5)2;1-4-7-5(2)6(3)8(9)10-7/h2*7-11H,6H2,1-5H3;2*6-9H,5H2,1-4H3;2*5-7H,4H2,1-3H3. The van der Waals surface area contributed by atoms with Crippen molar-refractivity contribution in [1.82, 2.24) is 0 Å². The maximum absolute atomic E-state index is 11.6. The van der Waals surface area contributed by atoms with E-state index in [2.05, 4.69) is 118 Å². The Labute approximate surface area is 439 Å². The van der Waals surface area contributed by atoms with Crippen LogP contribution in [0.2, 0.25) is 0 Å². The highest BCUT2D eigenvalue weighted by Gasteiger charge is 2.44. The quantitative estimate of drug-likeness (QED) is 0.159. The normalized spacial score (nSPS) is 39.7. The van der Waals surface area contributed by atoms with E-state index in [1.807, 2.05) is 48.5 Å². The van der Waals surface area contributed by atoms with Crippen molar-refractivity contribution in [1.29, 1.82) is 0 Å². The molecule has 24 atom stereocenters. The molecule has 6 fully saturated rings. The number of carbonyl (C=O) groups excluding carboxylic acids is 6. The third kappa shape index (κ3) is 17.7. The third-order valence-corrected chi connectivity index (χ3v) is 19.3. The van der Waals surface area contributed by atoms with Gasteiger partial charge in [0.05, 0.1) is 42.1 Å². The second-order valence-corrected chi connectivity index (χ2v) is 23.7. The van der Waals surface area contributed by atoms with Crippen molar-refractivity contribution < 1.29 is 57.2 Å². The minimum absolute atomic E-state index is 0.0131. The lowest BCUT2D eigenvalue weighted by Crippen LogP contribution is -2.44.